The van der Waals surface area contributed by atoms with Crippen molar-refractivity contribution in [3.63, 3.8) is 0 Å². The summed E-state index contributed by atoms with van der Waals surface area (Å²) in [5, 5.41) is 8.89. The van der Waals surface area contributed by atoms with E-state index in [0.29, 0.717) is 29.2 Å². The van der Waals surface area contributed by atoms with Gasteiger partial charge >= 0.3 is 5.97 Å². The smallest absolute Gasteiger partial charge is 0.335 e. The molecule has 0 unspecified atom stereocenters. The molecule has 1 N–H and O–H groups in total. The highest BCUT2D eigenvalue weighted by Crippen LogP contribution is 2.32. The van der Waals surface area contributed by atoms with Crippen molar-refractivity contribution in [3.8, 4) is 11.5 Å². The van der Waals surface area contributed by atoms with Crippen molar-refractivity contribution in [2.24, 2.45) is 0 Å². The topological polar surface area (TPSA) is 72.8 Å². The molecule has 0 aromatic heterocycles. The Morgan fingerprint density at radius 2 is 1.68 bits per heavy atom. The van der Waals surface area contributed by atoms with E-state index in [1.807, 2.05) is 6.92 Å². The second-order valence-corrected chi connectivity index (χ2v) is 4.48. The Labute approximate surface area is 128 Å². The molecule has 22 heavy (non-hydrogen) atoms. The second kappa shape index (κ2) is 6.76. The average Bonchev–Trinajstić information content (AvgIpc) is 2.54. The summed E-state index contributed by atoms with van der Waals surface area (Å²) in [7, 11) is 1.51. The quantitative estimate of drug-likeness (QED) is 0.830. The molecule has 0 bridgehead atoms. The summed E-state index contributed by atoms with van der Waals surface area (Å²) in [5.74, 6) is -0.413. The van der Waals surface area contributed by atoms with Gasteiger partial charge in [0.05, 0.1) is 24.8 Å². The summed E-state index contributed by atoms with van der Waals surface area (Å²) >= 11 is 0. The third kappa shape index (κ3) is 3.09. The maximum absolute atomic E-state index is 12.6. The SMILES string of the molecule is CCOc1c(OC)cccc1C(=O)c1ccc(C(=O)O)cc1. The van der Waals surface area contributed by atoms with Gasteiger partial charge in [0.15, 0.2) is 17.3 Å². The predicted molar refractivity (Wildman–Crippen MR) is 81.0 cm³/mol. The lowest BCUT2D eigenvalue weighted by molar-refractivity contribution is 0.0696. The summed E-state index contributed by atoms with van der Waals surface area (Å²) in [6.07, 6.45) is 0. The molecule has 0 fully saturated rings. The van der Waals surface area contributed by atoms with Crippen molar-refractivity contribution >= 4 is 11.8 Å². The number of para-hydroxylation sites is 1. The molecule has 0 heterocycles. The molecule has 2 aromatic carbocycles. The van der Waals surface area contributed by atoms with Gasteiger partial charge in [-0.05, 0) is 31.2 Å². The molecule has 2 aromatic rings. The Bertz CT molecular complexity index is 689. The number of benzene rings is 2. The average molecular weight is 300 g/mol. The van der Waals surface area contributed by atoms with Gasteiger partial charge in [-0.25, -0.2) is 4.79 Å². The summed E-state index contributed by atoms with van der Waals surface area (Å²) in [5.41, 5.74) is 0.899. The highest BCUT2D eigenvalue weighted by molar-refractivity contribution is 6.11. The highest BCUT2D eigenvalue weighted by Gasteiger charge is 2.18. The fourth-order valence-corrected chi connectivity index (χ4v) is 2.07. The zero-order valence-corrected chi connectivity index (χ0v) is 12.3. The number of ketones is 1. The zero-order chi connectivity index (χ0) is 16.1. The summed E-state index contributed by atoms with van der Waals surface area (Å²) in [4.78, 5) is 23.5. The number of methoxy groups -OCH3 is 1. The van der Waals surface area contributed by atoms with Crippen LogP contribution in [0.4, 0.5) is 0 Å². The molecule has 5 heteroatoms. The highest BCUT2D eigenvalue weighted by atomic mass is 16.5. The molecule has 0 radical (unpaired) electrons. The van der Waals surface area contributed by atoms with Crippen LogP contribution in [0.25, 0.3) is 0 Å². The van der Waals surface area contributed by atoms with E-state index in [0.717, 1.165) is 0 Å². The van der Waals surface area contributed by atoms with Gasteiger partial charge in [-0.2, -0.15) is 0 Å². The van der Waals surface area contributed by atoms with Crippen LogP contribution in [-0.4, -0.2) is 30.6 Å². The van der Waals surface area contributed by atoms with E-state index in [9.17, 15) is 9.59 Å². The van der Waals surface area contributed by atoms with Crippen LogP contribution in [0.5, 0.6) is 11.5 Å². The lowest BCUT2D eigenvalue weighted by atomic mass is 10.0. The Balaban J connectivity index is 2.42. The minimum absolute atomic E-state index is 0.132. The number of carboxylic acids is 1. The van der Waals surface area contributed by atoms with Crippen LogP contribution in [-0.2, 0) is 0 Å². The number of hydrogen-bond acceptors (Lipinski definition) is 4. The van der Waals surface area contributed by atoms with Crippen LogP contribution in [0.1, 0.15) is 33.2 Å². The van der Waals surface area contributed by atoms with Gasteiger partial charge in [0.1, 0.15) is 0 Å². The van der Waals surface area contributed by atoms with Gasteiger partial charge in [-0.1, -0.05) is 18.2 Å². The van der Waals surface area contributed by atoms with Gasteiger partial charge in [0, 0.05) is 5.56 Å². The molecule has 0 aliphatic rings. The molecule has 0 amide bonds. The van der Waals surface area contributed by atoms with Crippen molar-refractivity contribution in [3.05, 3.63) is 59.2 Å². The van der Waals surface area contributed by atoms with E-state index in [-0.39, 0.29) is 11.3 Å². The number of carbonyl (C=O) groups excluding carboxylic acids is 1. The molecule has 0 saturated carbocycles. The Morgan fingerprint density at radius 1 is 1.05 bits per heavy atom. The molecule has 0 atom stereocenters. The van der Waals surface area contributed by atoms with Crippen molar-refractivity contribution in [1.29, 1.82) is 0 Å². The minimum Gasteiger partial charge on any atom is -0.493 e. The van der Waals surface area contributed by atoms with Gasteiger partial charge in [-0.15, -0.1) is 0 Å². The normalized spacial score (nSPS) is 10.1. The predicted octanol–water partition coefficient (Wildman–Crippen LogP) is 3.02. The number of ether oxygens (including phenoxy) is 2. The van der Waals surface area contributed by atoms with Crippen LogP contribution in [0, 0.1) is 0 Å². The first kappa shape index (κ1) is 15.6. The standard InChI is InChI=1S/C17H16O5/c1-3-22-16-13(5-4-6-14(16)21-2)15(18)11-7-9-12(10-8-11)17(19)20/h4-10H,3H2,1-2H3,(H,19,20). The summed E-state index contributed by atoms with van der Waals surface area (Å²) in [6.45, 7) is 2.22. The van der Waals surface area contributed by atoms with E-state index in [2.05, 4.69) is 0 Å². The van der Waals surface area contributed by atoms with Gasteiger partial charge < -0.3 is 14.6 Å². The van der Waals surface area contributed by atoms with Crippen LogP contribution in [0.3, 0.4) is 0 Å². The Morgan fingerprint density at radius 3 is 2.23 bits per heavy atom. The first-order valence-corrected chi connectivity index (χ1v) is 6.76. The Hall–Kier alpha value is -2.82. The van der Waals surface area contributed by atoms with E-state index >= 15 is 0 Å². The van der Waals surface area contributed by atoms with E-state index in [1.165, 1.54) is 31.4 Å². The number of rotatable bonds is 6. The van der Waals surface area contributed by atoms with Crippen molar-refractivity contribution < 1.29 is 24.2 Å². The molecular formula is C17H16O5. The molecule has 0 saturated heterocycles. The van der Waals surface area contributed by atoms with Crippen molar-refractivity contribution in [2.45, 2.75) is 6.92 Å². The van der Waals surface area contributed by atoms with E-state index < -0.39 is 5.97 Å². The molecule has 114 valence electrons. The summed E-state index contributed by atoms with van der Waals surface area (Å²) in [6, 6.07) is 10.9. The fourth-order valence-electron chi connectivity index (χ4n) is 2.07. The third-order valence-electron chi connectivity index (χ3n) is 3.13. The van der Waals surface area contributed by atoms with Gasteiger partial charge in [0.2, 0.25) is 0 Å². The van der Waals surface area contributed by atoms with Gasteiger partial charge in [0.25, 0.3) is 0 Å². The van der Waals surface area contributed by atoms with Crippen LogP contribution < -0.4 is 9.47 Å². The maximum atomic E-state index is 12.6. The van der Waals surface area contributed by atoms with Crippen LogP contribution in [0.2, 0.25) is 0 Å². The Kier molecular flexibility index (Phi) is 4.78. The molecule has 0 aliphatic carbocycles. The van der Waals surface area contributed by atoms with Gasteiger partial charge in [-0.3, -0.25) is 4.79 Å². The molecule has 5 nitrogen and oxygen atoms in total. The lowest BCUT2D eigenvalue weighted by Gasteiger charge is -2.13. The van der Waals surface area contributed by atoms with Crippen LogP contribution in [0.15, 0.2) is 42.5 Å². The molecule has 2 rings (SSSR count). The number of carboxylic acid groups (broad SMARTS) is 1. The molecule has 0 aliphatic heterocycles. The third-order valence-corrected chi connectivity index (χ3v) is 3.13. The number of hydrogen-bond donors (Lipinski definition) is 1. The monoisotopic (exact) mass is 300 g/mol. The fraction of sp³-hybridized carbons (Fsp3) is 0.176. The lowest BCUT2D eigenvalue weighted by Crippen LogP contribution is -2.07. The van der Waals surface area contributed by atoms with E-state index in [1.54, 1.807) is 18.2 Å². The maximum Gasteiger partial charge on any atom is 0.335 e. The molecule has 0 spiro atoms. The van der Waals surface area contributed by atoms with Crippen LogP contribution >= 0.6 is 0 Å². The first-order chi connectivity index (χ1) is 10.6. The van der Waals surface area contributed by atoms with Crippen molar-refractivity contribution in [2.75, 3.05) is 13.7 Å². The number of carbonyl (C=O) groups is 2. The zero-order valence-electron chi connectivity index (χ0n) is 12.3. The van der Waals surface area contributed by atoms with Crippen molar-refractivity contribution in [1.82, 2.24) is 0 Å². The largest absolute Gasteiger partial charge is 0.493 e. The second-order valence-electron chi connectivity index (χ2n) is 4.48. The number of aromatic carboxylic acids is 1. The minimum atomic E-state index is -1.03. The summed E-state index contributed by atoms with van der Waals surface area (Å²) < 4.78 is 10.7. The first-order valence-electron chi connectivity index (χ1n) is 6.76. The van der Waals surface area contributed by atoms with E-state index in [4.69, 9.17) is 14.6 Å². The molecular weight excluding hydrogens is 284 g/mol.